The lowest BCUT2D eigenvalue weighted by Gasteiger charge is -2.09. The summed E-state index contributed by atoms with van der Waals surface area (Å²) in [5, 5.41) is 17.4. The van der Waals surface area contributed by atoms with Crippen LogP contribution in [0, 0.1) is 11.3 Å². The molecular weight excluding hydrogens is 196 g/mol. The normalized spacial score (nSPS) is 11.5. The Kier molecular flexibility index (Phi) is 3.63. The van der Waals surface area contributed by atoms with Crippen molar-refractivity contribution in [3.63, 3.8) is 0 Å². The van der Waals surface area contributed by atoms with Gasteiger partial charge in [-0.1, -0.05) is 6.92 Å². The third-order valence-corrected chi connectivity index (χ3v) is 1.75. The van der Waals surface area contributed by atoms with E-state index in [-0.39, 0.29) is 5.56 Å². The second-order valence-corrected chi connectivity index (χ2v) is 2.86. The third kappa shape index (κ3) is 2.95. The molecule has 5 heteroatoms. The van der Waals surface area contributed by atoms with Gasteiger partial charge >= 0.3 is 5.97 Å². The molecule has 1 aromatic rings. The van der Waals surface area contributed by atoms with Gasteiger partial charge in [-0.2, -0.15) is 5.26 Å². The van der Waals surface area contributed by atoms with Crippen LogP contribution in [0.3, 0.4) is 0 Å². The summed E-state index contributed by atoms with van der Waals surface area (Å²) in [4.78, 5) is 14.3. The molecule has 1 heterocycles. The molecule has 0 radical (unpaired) electrons. The standard InChI is InChI=1S/C10H10N2O3/c1-2-8(4-11)15-9-3-7(10(13)14)5-12-6-9/h3,5-6,8H,2H2,1H3,(H,13,14). The van der Waals surface area contributed by atoms with E-state index in [0.717, 1.165) is 0 Å². The Labute approximate surface area is 86.9 Å². The summed E-state index contributed by atoms with van der Waals surface area (Å²) < 4.78 is 5.22. The summed E-state index contributed by atoms with van der Waals surface area (Å²) in [5.74, 6) is -0.777. The van der Waals surface area contributed by atoms with Gasteiger partial charge in [0.05, 0.1) is 11.8 Å². The zero-order valence-corrected chi connectivity index (χ0v) is 8.17. The first kappa shape index (κ1) is 11.0. The largest absolute Gasteiger partial charge is 0.478 e. The van der Waals surface area contributed by atoms with Crippen LogP contribution in [0.2, 0.25) is 0 Å². The third-order valence-electron chi connectivity index (χ3n) is 1.75. The van der Waals surface area contributed by atoms with Gasteiger partial charge in [0.15, 0.2) is 6.10 Å². The van der Waals surface area contributed by atoms with Crippen LogP contribution in [0.5, 0.6) is 5.75 Å². The number of hydrogen-bond donors (Lipinski definition) is 1. The van der Waals surface area contributed by atoms with Crippen molar-refractivity contribution < 1.29 is 14.6 Å². The fourth-order valence-electron chi connectivity index (χ4n) is 0.965. The van der Waals surface area contributed by atoms with Crippen molar-refractivity contribution in [2.75, 3.05) is 0 Å². The fraction of sp³-hybridized carbons (Fsp3) is 0.300. The van der Waals surface area contributed by atoms with Crippen LogP contribution in [-0.2, 0) is 0 Å². The molecule has 0 bridgehead atoms. The van der Waals surface area contributed by atoms with Crippen molar-refractivity contribution in [2.45, 2.75) is 19.4 Å². The van der Waals surface area contributed by atoms with Crippen LogP contribution in [-0.4, -0.2) is 22.2 Å². The SMILES string of the molecule is CCC(C#N)Oc1cncc(C(=O)O)c1. The number of aromatic nitrogens is 1. The van der Waals surface area contributed by atoms with Crippen LogP contribution in [0.15, 0.2) is 18.5 Å². The van der Waals surface area contributed by atoms with Crippen LogP contribution in [0.4, 0.5) is 0 Å². The first-order valence-electron chi connectivity index (χ1n) is 4.42. The Hall–Kier alpha value is -2.09. The summed E-state index contributed by atoms with van der Waals surface area (Å²) in [7, 11) is 0. The maximum absolute atomic E-state index is 10.6. The Morgan fingerprint density at radius 1 is 1.73 bits per heavy atom. The van der Waals surface area contributed by atoms with Crippen molar-refractivity contribution in [2.24, 2.45) is 0 Å². The van der Waals surface area contributed by atoms with Gasteiger partial charge in [0, 0.05) is 6.20 Å². The molecule has 0 aromatic carbocycles. The number of carboxylic acid groups (broad SMARTS) is 1. The lowest BCUT2D eigenvalue weighted by Crippen LogP contribution is -2.12. The number of carbonyl (C=O) groups is 1. The second-order valence-electron chi connectivity index (χ2n) is 2.86. The van der Waals surface area contributed by atoms with Gasteiger partial charge < -0.3 is 9.84 Å². The first-order valence-corrected chi connectivity index (χ1v) is 4.42. The minimum Gasteiger partial charge on any atom is -0.478 e. The average Bonchev–Trinajstić information content (AvgIpc) is 2.26. The second kappa shape index (κ2) is 4.96. The van der Waals surface area contributed by atoms with E-state index in [0.29, 0.717) is 12.2 Å². The number of hydrogen-bond acceptors (Lipinski definition) is 4. The molecule has 15 heavy (non-hydrogen) atoms. The minimum atomic E-state index is -1.07. The molecule has 5 nitrogen and oxygen atoms in total. The summed E-state index contributed by atoms with van der Waals surface area (Å²) in [6, 6.07) is 3.29. The Morgan fingerprint density at radius 3 is 3.00 bits per heavy atom. The summed E-state index contributed by atoms with van der Waals surface area (Å²) in [6.45, 7) is 1.81. The summed E-state index contributed by atoms with van der Waals surface area (Å²) >= 11 is 0. The molecule has 0 fully saturated rings. The molecule has 0 aliphatic heterocycles. The molecule has 1 N–H and O–H groups in total. The van der Waals surface area contributed by atoms with E-state index in [4.69, 9.17) is 15.1 Å². The fourth-order valence-corrected chi connectivity index (χ4v) is 0.965. The highest BCUT2D eigenvalue weighted by Gasteiger charge is 2.09. The molecule has 0 saturated carbocycles. The quantitative estimate of drug-likeness (QED) is 0.806. The number of ether oxygens (including phenoxy) is 1. The maximum atomic E-state index is 10.6. The molecule has 0 aliphatic carbocycles. The first-order chi connectivity index (χ1) is 7.17. The molecule has 1 unspecified atom stereocenters. The highest BCUT2D eigenvalue weighted by Crippen LogP contribution is 2.13. The number of nitriles is 1. The van der Waals surface area contributed by atoms with Crippen molar-refractivity contribution in [3.8, 4) is 11.8 Å². The van der Waals surface area contributed by atoms with E-state index >= 15 is 0 Å². The lowest BCUT2D eigenvalue weighted by molar-refractivity contribution is 0.0695. The Bertz CT molecular complexity index is 398. The monoisotopic (exact) mass is 206 g/mol. The molecule has 1 aromatic heterocycles. The maximum Gasteiger partial charge on any atom is 0.337 e. The highest BCUT2D eigenvalue weighted by molar-refractivity contribution is 5.87. The molecule has 78 valence electrons. The highest BCUT2D eigenvalue weighted by atomic mass is 16.5. The van der Waals surface area contributed by atoms with Crippen molar-refractivity contribution in [3.05, 3.63) is 24.0 Å². The Balaban J connectivity index is 2.83. The van der Waals surface area contributed by atoms with Gasteiger partial charge in [-0.05, 0) is 12.5 Å². The van der Waals surface area contributed by atoms with Crippen LogP contribution >= 0.6 is 0 Å². The van der Waals surface area contributed by atoms with E-state index in [1.54, 1.807) is 0 Å². The molecule has 1 rings (SSSR count). The van der Waals surface area contributed by atoms with Gasteiger partial charge in [0.25, 0.3) is 0 Å². The van der Waals surface area contributed by atoms with E-state index in [2.05, 4.69) is 4.98 Å². The van der Waals surface area contributed by atoms with Crippen LogP contribution < -0.4 is 4.74 Å². The van der Waals surface area contributed by atoms with E-state index < -0.39 is 12.1 Å². The van der Waals surface area contributed by atoms with Crippen molar-refractivity contribution >= 4 is 5.97 Å². The molecule has 1 atom stereocenters. The molecule has 0 spiro atoms. The van der Waals surface area contributed by atoms with Gasteiger partial charge in [-0.25, -0.2) is 4.79 Å². The van der Waals surface area contributed by atoms with Crippen molar-refractivity contribution in [1.82, 2.24) is 4.98 Å². The smallest absolute Gasteiger partial charge is 0.337 e. The average molecular weight is 206 g/mol. The number of rotatable bonds is 4. The van der Waals surface area contributed by atoms with Crippen molar-refractivity contribution in [1.29, 1.82) is 5.26 Å². The van der Waals surface area contributed by atoms with Gasteiger partial charge in [0.2, 0.25) is 0 Å². The summed E-state index contributed by atoms with van der Waals surface area (Å²) in [6.07, 6.45) is 2.57. The molecule has 0 saturated heterocycles. The number of carboxylic acids is 1. The topological polar surface area (TPSA) is 83.2 Å². The molecule has 0 aliphatic rings. The van der Waals surface area contributed by atoms with Gasteiger partial charge in [-0.15, -0.1) is 0 Å². The number of pyridine rings is 1. The molecular formula is C10H10N2O3. The lowest BCUT2D eigenvalue weighted by atomic mass is 10.2. The predicted octanol–water partition coefficient (Wildman–Crippen LogP) is 1.46. The zero-order chi connectivity index (χ0) is 11.3. The summed E-state index contributed by atoms with van der Waals surface area (Å²) in [5.41, 5.74) is 0.0419. The molecule has 0 amide bonds. The zero-order valence-electron chi connectivity index (χ0n) is 8.17. The minimum absolute atomic E-state index is 0.0419. The predicted molar refractivity (Wildman–Crippen MR) is 51.5 cm³/mol. The Morgan fingerprint density at radius 2 is 2.47 bits per heavy atom. The van der Waals surface area contributed by atoms with E-state index in [1.807, 2.05) is 13.0 Å². The van der Waals surface area contributed by atoms with Crippen LogP contribution in [0.25, 0.3) is 0 Å². The van der Waals surface area contributed by atoms with E-state index in [9.17, 15) is 4.79 Å². The van der Waals surface area contributed by atoms with Crippen LogP contribution in [0.1, 0.15) is 23.7 Å². The van der Waals surface area contributed by atoms with Gasteiger partial charge in [0.1, 0.15) is 11.8 Å². The number of aromatic carboxylic acids is 1. The van der Waals surface area contributed by atoms with Gasteiger partial charge in [-0.3, -0.25) is 4.98 Å². The number of nitrogens with zero attached hydrogens (tertiary/aromatic N) is 2. The van der Waals surface area contributed by atoms with E-state index in [1.165, 1.54) is 18.5 Å².